The van der Waals surface area contributed by atoms with Crippen LogP contribution in [0.15, 0.2) is 59.6 Å². The number of nitrogens with two attached hydrogens (primary N) is 1. The molecule has 0 aromatic heterocycles. The maximum atomic E-state index is 11.7. The molecule has 1 fully saturated rings. The summed E-state index contributed by atoms with van der Waals surface area (Å²) in [4.78, 5) is 18.0. The van der Waals surface area contributed by atoms with Crippen molar-refractivity contribution in [1.29, 1.82) is 0 Å². The third-order valence-corrected chi connectivity index (χ3v) is 4.01. The zero-order valence-electron chi connectivity index (χ0n) is 13.6. The number of anilines is 1. The molecule has 0 atom stereocenters. The van der Waals surface area contributed by atoms with Crippen molar-refractivity contribution < 1.29 is 4.79 Å². The van der Waals surface area contributed by atoms with E-state index in [1.165, 1.54) is 0 Å². The first kappa shape index (κ1) is 16.1. The van der Waals surface area contributed by atoms with Gasteiger partial charge in [0, 0.05) is 25.2 Å². The molecule has 0 radical (unpaired) electrons. The summed E-state index contributed by atoms with van der Waals surface area (Å²) in [7, 11) is 0. The highest BCUT2D eigenvalue weighted by molar-refractivity contribution is 5.92. The molecule has 0 bridgehead atoms. The lowest BCUT2D eigenvalue weighted by atomic mass is 10.1. The lowest BCUT2D eigenvalue weighted by Gasteiger charge is -2.15. The summed E-state index contributed by atoms with van der Waals surface area (Å²) in [6.07, 6.45) is 1.64. The second-order valence-electron chi connectivity index (χ2n) is 5.93. The minimum absolute atomic E-state index is 0.245. The van der Waals surface area contributed by atoms with Crippen molar-refractivity contribution in [2.45, 2.75) is 25.9 Å². The number of nitrogens with zero attached hydrogens (tertiary/aromatic N) is 2. The van der Waals surface area contributed by atoms with E-state index in [1.807, 2.05) is 53.4 Å². The summed E-state index contributed by atoms with van der Waals surface area (Å²) in [6, 6.07) is 17.9. The normalized spacial score (nSPS) is 14.9. The second kappa shape index (κ2) is 7.64. The molecule has 2 aromatic carbocycles. The van der Waals surface area contributed by atoms with Crippen LogP contribution in [0.5, 0.6) is 0 Å². The monoisotopic (exact) mass is 322 g/mol. The highest BCUT2D eigenvalue weighted by Gasteiger charge is 2.19. The van der Waals surface area contributed by atoms with E-state index in [0.29, 0.717) is 25.5 Å². The molecule has 5 nitrogen and oxygen atoms in total. The number of para-hydroxylation sites is 1. The number of carbonyl (C=O) groups is 1. The molecular formula is C19H22N4O. The van der Waals surface area contributed by atoms with Crippen LogP contribution in [-0.4, -0.2) is 23.3 Å². The Morgan fingerprint density at radius 3 is 2.67 bits per heavy atom. The zero-order valence-corrected chi connectivity index (χ0v) is 13.6. The number of guanidine groups is 1. The van der Waals surface area contributed by atoms with Gasteiger partial charge in [0.25, 0.3) is 0 Å². The lowest BCUT2D eigenvalue weighted by molar-refractivity contribution is -0.128. The molecule has 0 spiro atoms. The van der Waals surface area contributed by atoms with E-state index in [0.717, 1.165) is 29.8 Å². The molecule has 0 unspecified atom stereocenters. The Bertz CT molecular complexity index is 727. The van der Waals surface area contributed by atoms with Gasteiger partial charge in [0.2, 0.25) is 5.91 Å². The van der Waals surface area contributed by atoms with Crippen LogP contribution >= 0.6 is 0 Å². The van der Waals surface area contributed by atoms with Crippen LogP contribution in [0.4, 0.5) is 5.69 Å². The molecule has 1 amide bonds. The van der Waals surface area contributed by atoms with Gasteiger partial charge in [-0.1, -0.05) is 42.5 Å². The van der Waals surface area contributed by atoms with Crippen LogP contribution in [0, 0.1) is 0 Å². The van der Waals surface area contributed by atoms with Gasteiger partial charge in [-0.2, -0.15) is 0 Å². The summed E-state index contributed by atoms with van der Waals surface area (Å²) < 4.78 is 0. The van der Waals surface area contributed by atoms with E-state index >= 15 is 0 Å². The summed E-state index contributed by atoms with van der Waals surface area (Å²) in [5.74, 6) is 0.635. The fourth-order valence-electron chi connectivity index (χ4n) is 2.80. The quantitative estimate of drug-likeness (QED) is 0.657. The van der Waals surface area contributed by atoms with Crippen LogP contribution in [0.2, 0.25) is 0 Å². The van der Waals surface area contributed by atoms with E-state index in [4.69, 9.17) is 5.73 Å². The standard InChI is InChI=1S/C19H22N4O/c20-19(22-17-8-2-1-3-9-17)21-13-15-6-4-7-16(12-15)14-23-11-5-10-18(23)24/h1-4,6-9,12H,5,10-11,13-14H2,(H3,20,21,22). The fourth-order valence-corrected chi connectivity index (χ4v) is 2.80. The van der Waals surface area contributed by atoms with Crippen LogP contribution in [0.3, 0.4) is 0 Å². The molecule has 1 heterocycles. The first-order valence-corrected chi connectivity index (χ1v) is 8.18. The van der Waals surface area contributed by atoms with Crippen molar-refractivity contribution in [3.8, 4) is 0 Å². The minimum atomic E-state index is 0.245. The molecule has 0 saturated carbocycles. The van der Waals surface area contributed by atoms with Gasteiger partial charge in [-0.25, -0.2) is 4.99 Å². The smallest absolute Gasteiger partial charge is 0.222 e. The number of likely N-dealkylation sites (tertiary alicyclic amines) is 1. The van der Waals surface area contributed by atoms with Crippen LogP contribution in [-0.2, 0) is 17.9 Å². The largest absolute Gasteiger partial charge is 0.370 e. The van der Waals surface area contributed by atoms with E-state index in [-0.39, 0.29) is 5.91 Å². The second-order valence-corrected chi connectivity index (χ2v) is 5.93. The minimum Gasteiger partial charge on any atom is -0.370 e. The van der Waals surface area contributed by atoms with Gasteiger partial charge in [-0.3, -0.25) is 4.79 Å². The molecule has 2 aromatic rings. The number of carbonyl (C=O) groups excluding carboxylic acids is 1. The number of aliphatic imine (C=N–C) groups is 1. The van der Waals surface area contributed by atoms with Crippen molar-refractivity contribution >= 4 is 17.6 Å². The van der Waals surface area contributed by atoms with Gasteiger partial charge in [-0.05, 0) is 29.7 Å². The molecule has 0 aliphatic carbocycles. The third-order valence-electron chi connectivity index (χ3n) is 4.01. The molecule has 1 aliphatic heterocycles. The molecule has 1 aliphatic rings. The number of hydrogen-bond donors (Lipinski definition) is 2. The van der Waals surface area contributed by atoms with E-state index in [9.17, 15) is 4.79 Å². The molecule has 24 heavy (non-hydrogen) atoms. The van der Waals surface area contributed by atoms with Gasteiger partial charge in [-0.15, -0.1) is 0 Å². The summed E-state index contributed by atoms with van der Waals surface area (Å²) in [6.45, 7) is 2.04. The van der Waals surface area contributed by atoms with Crippen molar-refractivity contribution in [1.82, 2.24) is 4.90 Å². The van der Waals surface area contributed by atoms with Gasteiger partial charge < -0.3 is 16.0 Å². The molecule has 124 valence electrons. The first-order chi connectivity index (χ1) is 11.7. The van der Waals surface area contributed by atoms with Crippen molar-refractivity contribution in [2.24, 2.45) is 10.7 Å². The molecular weight excluding hydrogens is 300 g/mol. The maximum Gasteiger partial charge on any atom is 0.222 e. The first-order valence-electron chi connectivity index (χ1n) is 8.18. The van der Waals surface area contributed by atoms with E-state index in [2.05, 4.69) is 16.4 Å². The predicted octanol–water partition coefficient (Wildman–Crippen LogP) is 2.74. The molecule has 3 rings (SSSR count). The Hall–Kier alpha value is -2.82. The van der Waals surface area contributed by atoms with Gasteiger partial charge in [0.1, 0.15) is 0 Å². The number of rotatable bonds is 5. The maximum absolute atomic E-state index is 11.7. The number of amides is 1. The molecule has 3 N–H and O–H groups in total. The highest BCUT2D eigenvalue weighted by atomic mass is 16.2. The van der Waals surface area contributed by atoms with Gasteiger partial charge in [0.05, 0.1) is 6.54 Å². The molecule has 1 saturated heterocycles. The number of nitrogens with one attached hydrogen (secondary N) is 1. The fraction of sp³-hybridized carbons (Fsp3) is 0.263. The highest BCUT2D eigenvalue weighted by Crippen LogP contribution is 2.15. The molecule has 5 heteroatoms. The number of hydrogen-bond acceptors (Lipinski definition) is 2. The average molecular weight is 322 g/mol. The predicted molar refractivity (Wildman–Crippen MR) is 96.5 cm³/mol. The number of benzene rings is 2. The van der Waals surface area contributed by atoms with E-state index in [1.54, 1.807) is 0 Å². The Labute approximate surface area is 142 Å². The van der Waals surface area contributed by atoms with Crippen LogP contribution < -0.4 is 11.1 Å². The topological polar surface area (TPSA) is 70.7 Å². The Kier molecular flexibility index (Phi) is 5.11. The Morgan fingerprint density at radius 2 is 1.92 bits per heavy atom. The average Bonchev–Trinajstić information content (AvgIpc) is 2.99. The van der Waals surface area contributed by atoms with Crippen molar-refractivity contribution in [3.05, 3.63) is 65.7 Å². The Morgan fingerprint density at radius 1 is 1.12 bits per heavy atom. The van der Waals surface area contributed by atoms with Crippen molar-refractivity contribution in [3.63, 3.8) is 0 Å². The third kappa shape index (κ3) is 4.35. The summed E-state index contributed by atoms with van der Waals surface area (Å²) in [5.41, 5.74) is 9.06. The Balaban J connectivity index is 1.59. The van der Waals surface area contributed by atoms with Gasteiger partial charge in [0.15, 0.2) is 5.96 Å². The van der Waals surface area contributed by atoms with Crippen molar-refractivity contribution in [2.75, 3.05) is 11.9 Å². The van der Waals surface area contributed by atoms with Crippen LogP contribution in [0.1, 0.15) is 24.0 Å². The lowest BCUT2D eigenvalue weighted by Crippen LogP contribution is -2.24. The van der Waals surface area contributed by atoms with Gasteiger partial charge >= 0.3 is 0 Å². The summed E-state index contributed by atoms with van der Waals surface area (Å²) in [5, 5.41) is 3.07. The van der Waals surface area contributed by atoms with Crippen LogP contribution in [0.25, 0.3) is 0 Å². The SMILES string of the molecule is NC(=NCc1cccc(CN2CCCC2=O)c1)Nc1ccccc1. The van der Waals surface area contributed by atoms with E-state index < -0.39 is 0 Å². The summed E-state index contributed by atoms with van der Waals surface area (Å²) >= 11 is 0. The zero-order chi connectivity index (χ0) is 16.8.